The number of hydrogen-bond donors (Lipinski definition) is 2. The Morgan fingerprint density at radius 3 is 2.74 bits per heavy atom. The maximum absolute atomic E-state index is 12.5. The van der Waals surface area contributed by atoms with E-state index in [1.807, 2.05) is 6.07 Å². The number of carbonyl (C=O) groups is 2. The first-order chi connectivity index (χ1) is 13.0. The number of furan rings is 1. The van der Waals surface area contributed by atoms with Crippen molar-refractivity contribution < 1.29 is 18.7 Å². The Bertz CT molecular complexity index is 954. The summed E-state index contributed by atoms with van der Waals surface area (Å²) < 4.78 is 9.94. The minimum absolute atomic E-state index is 0.202. The molecule has 0 atom stereocenters. The smallest absolute Gasteiger partial charge is 0.337 e. The summed E-state index contributed by atoms with van der Waals surface area (Å²) in [6, 6.07) is 11.7. The molecule has 1 aromatic carbocycles. The van der Waals surface area contributed by atoms with Gasteiger partial charge in [0, 0.05) is 11.8 Å². The highest BCUT2D eigenvalue weighted by molar-refractivity contribution is 6.04. The number of rotatable bonds is 6. The van der Waals surface area contributed by atoms with Crippen LogP contribution in [0.2, 0.25) is 0 Å². The van der Waals surface area contributed by atoms with Gasteiger partial charge in [-0.15, -0.1) is 0 Å². The van der Waals surface area contributed by atoms with Gasteiger partial charge in [0.05, 0.1) is 25.5 Å². The first kappa shape index (κ1) is 18.1. The second kappa shape index (κ2) is 8.13. The van der Waals surface area contributed by atoms with E-state index >= 15 is 0 Å². The van der Waals surface area contributed by atoms with Gasteiger partial charge in [0.1, 0.15) is 23.1 Å². The molecule has 0 saturated carbocycles. The van der Waals surface area contributed by atoms with Crippen molar-refractivity contribution in [3.8, 4) is 0 Å². The summed E-state index contributed by atoms with van der Waals surface area (Å²) in [7, 11) is 1.30. The van der Waals surface area contributed by atoms with Crippen LogP contribution in [0.5, 0.6) is 0 Å². The Balaban J connectivity index is 1.73. The number of ether oxygens (including phenoxy) is 1. The minimum Gasteiger partial charge on any atom is -0.467 e. The molecule has 0 saturated heterocycles. The number of aromatic nitrogens is 2. The lowest BCUT2D eigenvalue weighted by atomic mass is 10.2. The average molecular weight is 366 g/mol. The van der Waals surface area contributed by atoms with Crippen LogP contribution in [0.4, 0.5) is 11.5 Å². The average Bonchev–Trinajstić information content (AvgIpc) is 3.19. The number of esters is 1. The summed E-state index contributed by atoms with van der Waals surface area (Å²) in [6.45, 7) is 2.14. The molecule has 3 aromatic rings. The van der Waals surface area contributed by atoms with Gasteiger partial charge in [-0.1, -0.05) is 6.07 Å². The van der Waals surface area contributed by atoms with Crippen LogP contribution in [0.1, 0.15) is 32.4 Å². The maximum Gasteiger partial charge on any atom is 0.337 e. The molecule has 0 aliphatic heterocycles. The van der Waals surface area contributed by atoms with Gasteiger partial charge in [-0.2, -0.15) is 0 Å². The van der Waals surface area contributed by atoms with Crippen LogP contribution in [0.3, 0.4) is 0 Å². The second-order valence-corrected chi connectivity index (χ2v) is 5.65. The molecule has 138 valence electrons. The number of aryl methyl sites for hydroxylation is 1. The zero-order valence-corrected chi connectivity index (χ0v) is 14.9. The molecule has 27 heavy (non-hydrogen) atoms. The van der Waals surface area contributed by atoms with Gasteiger partial charge < -0.3 is 19.8 Å². The van der Waals surface area contributed by atoms with Crippen molar-refractivity contribution in [1.29, 1.82) is 0 Å². The number of anilines is 2. The number of amides is 1. The highest BCUT2D eigenvalue weighted by Crippen LogP contribution is 2.14. The highest BCUT2D eigenvalue weighted by Gasteiger charge is 2.13. The van der Waals surface area contributed by atoms with E-state index in [1.165, 1.54) is 13.2 Å². The van der Waals surface area contributed by atoms with E-state index in [0.29, 0.717) is 29.4 Å². The summed E-state index contributed by atoms with van der Waals surface area (Å²) in [5.74, 6) is 0.814. The minimum atomic E-state index is -0.478. The van der Waals surface area contributed by atoms with Gasteiger partial charge in [-0.25, -0.2) is 14.8 Å². The Morgan fingerprint density at radius 2 is 2.00 bits per heavy atom. The van der Waals surface area contributed by atoms with E-state index in [0.717, 1.165) is 5.76 Å². The van der Waals surface area contributed by atoms with E-state index in [2.05, 4.69) is 25.3 Å². The summed E-state index contributed by atoms with van der Waals surface area (Å²) in [5.41, 5.74) is 1.01. The van der Waals surface area contributed by atoms with Crippen LogP contribution >= 0.6 is 0 Å². The van der Waals surface area contributed by atoms with Crippen LogP contribution in [0.25, 0.3) is 0 Å². The number of methoxy groups -OCH3 is 1. The van der Waals surface area contributed by atoms with Gasteiger partial charge in [0.15, 0.2) is 0 Å². The van der Waals surface area contributed by atoms with Crippen molar-refractivity contribution in [1.82, 2.24) is 9.97 Å². The molecule has 0 spiro atoms. The largest absolute Gasteiger partial charge is 0.467 e. The number of nitrogens with one attached hydrogen (secondary N) is 2. The van der Waals surface area contributed by atoms with Crippen LogP contribution < -0.4 is 10.6 Å². The first-order valence-electron chi connectivity index (χ1n) is 8.17. The SMILES string of the molecule is COC(=O)c1cccc(NC(=O)c2cc(NCc3ccco3)nc(C)n2)c1. The molecular formula is C19H18N4O4. The summed E-state index contributed by atoms with van der Waals surface area (Å²) in [6.07, 6.45) is 1.59. The summed E-state index contributed by atoms with van der Waals surface area (Å²) in [5, 5.41) is 5.81. The quantitative estimate of drug-likeness (QED) is 0.646. The molecular weight excluding hydrogens is 348 g/mol. The Hall–Kier alpha value is -3.68. The molecule has 2 heterocycles. The third-order valence-electron chi connectivity index (χ3n) is 3.64. The highest BCUT2D eigenvalue weighted by atomic mass is 16.5. The van der Waals surface area contributed by atoms with Crippen molar-refractivity contribution in [2.75, 3.05) is 17.7 Å². The van der Waals surface area contributed by atoms with Crippen molar-refractivity contribution >= 4 is 23.4 Å². The molecule has 0 aliphatic carbocycles. The predicted molar refractivity (Wildman–Crippen MR) is 98.5 cm³/mol. The number of hydrogen-bond acceptors (Lipinski definition) is 7. The third-order valence-corrected chi connectivity index (χ3v) is 3.64. The lowest BCUT2D eigenvalue weighted by Gasteiger charge is -2.09. The molecule has 3 rings (SSSR count). The monoisotopic (exact) mass is 366 g/mol. The predicted octanol–water partition coefficient (Wildman–Crippen LogP) is 3.03. The van der Waals surface area contributed by atoms with E-state index in [4.69, 9.17) is 4.42 Å². The van der Waals surface area contributed by atoms with Crippen molar-refractivity contribution in [3.63, 3.8) is 0 Å². The molecule has 2 N–H and O–H groups in total. The van der Waals surface area contributed by atoms with Crippen molar-refractivity contribution in [2.24, 2.45) is 0 Å². The molecule has 8 heteroatoms. The van der Waals surface area contributed by atoms with Crippen LogP contribution in [0, 0.1) is 6.92 Å². The third kappa shape index (κ3) is 4.69. The van der Waals surface area contributed by atoms with Crippen molar-refractivity contribution in [3.05, 3.63) is 71.6 Å². The fourth-order valence-electron chi connectivity index (χ4n) is 2.40. The van der Waals surface area contributed by atoms with Crippen LogP contribution in [-0.4, -0.2) is 29.0 Å². The Labute approximate surface area is 155 Å². The number of carbonyl (C=O) groups excluding carboxylic acids is 2. The first-order valence-corrected chi connectivity index (χ1v) is 8.17. The summed E-state index contributed by atoms with van der Waals surface area (Å²) in [4.78, 5) is 32.6. The van der Waals surface area contributed by atoms with Gasteiger partial charge in [-0.3, -0.25) is 4.79 Å². The molecule has 0 bridgehead atoms. The van der Waals surface area contributed by atoms with Crippen LogP contribution in [-0.2, 0) is 11.3 Å². The second-order valence-electron chi connectivity index (χ2n) is 5.65. The van der Waals surface area contributed by atoms with Crippen LogP contribution in [0.15, 0.2) is 53.1 Å². The Kier molecular flexibility index (Phi) is 5.46. The summed E-state index contributed by atoms with van der Waals surface area (Å²) >= 11 is 0. The fourth-order valence-corrected chi connectivity index (χ4v) is 2.40. The molecule has 8 nitrogen and oxygen atoms in total. The molecule has 1 amide bonds. The zero-order chi connectivity index (χ0) is 19.2. The Morgan fingerprint density at radius 1 is 1.15 bits per heavy atom. The fraction of sp³-hybridized carbons (Fsp3) is 0.158. The van der Waals surface area contributed by atoms with Crippen molar-refractivity contribution in [2.45, 2.75) is 13.5 Å². The molecule has 0 aliphatic rings. The van der Waals surface area contributed by atoms with E-state index in [9.17, 15) is 9.59 Å². The number of benzene rings is 1. The molecule has 2 aromatic heterocycles. The van der Waals surface area contributed by atoms with E-state index in [-0.39, 0.29) is 5.69 Å². The van der Waals surface area contributed by atoms with Gasteiger partial charge >= 0.3 is 5.97 Å². The maximum atomic E-state index is 12.5. The van der Waals surface area contributed by atoms with Gasteiger partial charge in [0.2, 0.25) is 0 Å². The lowest BCUT2D eigenvalue weighted by molar-refractivity contribution is 0.0600. The number of nitrogens with zero attached hydrogens (tertiary/aromatic N) is 2. The van der Waals surface area contributed by atoms with Gasteiger partial charge in [0.25, 0.3) is 5.91 Å². The molecule has 0 unspecified atom stereocenters. The molecule has 0 radical (unpaired) electrons. The van der Waals surface area contributed by atoms with E-state index in [1.54, 1.807) is 43.5 Å². The lowest BCUT2D eigenvalue weighted by Crippen LogP contribution is -2.16. The van der Waals surface area contributed by atoms with Gasteiger partial charge in [-0.05, 0) is 37.3 Å². The molecule has 0 fully saturated rings. The normalized spacial score (nSPS) is 10.3. The topological polar surface area (TPSA) is 106 Å². The standard InChI is InChI=1S/C19H18N4O4/c1-12-21-16(10-17(22-12)20-11-15-7-4-8-27-15)18(24)23-14-6-3-5-13(9-14)19(25)26-2/h3-10H,11H2,1-2H3,(H,23,24)(H,20,21,22). The van der Waals surface area contributed by atoms with E-state index < -0.39 is 11.9 Å². The zero-order valence-electron chi connectivity index (χ0n) is 14.9.